The molecule has 0 aromatic heterocycles. The SMILES string of the molecule is Cl.N#Cc1cc(N)c(C#N)cc1N. The van der Waals surface area contributed by atoms with Crippen LogP contribution < -0.4 is 11.5 Å². The van der Waals surface area contributed by atoms with Crippen molar-refractivity contribution in [2.24, 2.45) is 0 Å². The molecule has 0 aliphatic rings. The van der Waals surface area contributed by atoms with Gasteiger partial charge in [-0.1, -0.05) is 0 Å². The predicted octanol–water partition coefficient (Wildman–Crippen LogP) is 1.02. The van der Waals surface area contributed by atoms with Crippen LogP contribution in [0.15, 0.2) is 12.1 Å². The van der Waals surface area contributed by atoms with Gasteiger partial charge in [0, 0.05) is 0 Å². The second-order valence-corrected chi connectivity index (χ2v) is 2.25. The lowest BCUT2D eigenvalue weighted by atomic mass is 10.1. The average Bonchev–Trinajstić information content (AvgIpc) is 2.08. The molecule has 1 aromatic rings. The van der Waals surface area contributed by atoms with Crippen LogP contribution in [0, 0.1) is 22.7 Å². The lowest BCUT2D eigenvalue weighted by Gasteiger charge is -2.00. The van der Waals surface area contributed by atoms with E-state index in [0.717, 1.165) is 0 Å². The summed E-state index contributed by atoms with van der Waals surface area (Å²) in [7, 11) is 0. The van der Waals surface area contributed by atoms with Crippen molar-refractivity contribution in [2.45, 2.75) is 0 Å². The Morgan fingerprint density at radius 2 is 1.23 bits per heavy atom. The molecule has 0 spiro atoms. The number of nitrogens with two attached hydrogens (primary N) is 2. The molecule has 0 aliphatic heterocycles. The molecule has 1 aromatic carbocycles. The highest BCUT2D eigenvalue weighted by Crippen LogP contribution is 2.19. The van der Waals surface area contributed by atoms with Crippen molar-refractivity contribution in [2.75, 3.05) is 11.5 Å². The third-order valence-electron chi connectivity index (χ3n) is 1.46. The first kappa shape index (κ1) is 11.1. The molecule has 0 saturated carbocycles. The number of anilines is 2. The van der Waals surface area contributed by atoms with Crippen molar-refractivity contribution < 1.29 is 0 Å². The summed E-state index contributed by atoms with van der Waals surface area (Å²) in [6.45, 7) is 0. The highest BCUT2D eigenvalue weighted by Gasteiger charge is 2.03. The third-order valence-corrected chi connectivity index (χ3v) is 1.46. The van der Waals surface area contributed by atoms with Crippen molar-refractivity contribution in [3.05, 3.63) is 23.3 Å². The van der Waals surface area contributed by atoms with E-state index in [9.17, 15) is 0 Å². The van der Waals surface area contributed by atoms with Gasteiger partial charge in [-0.3, -0.25) is 0 Å². The largest absolute Gasteiger partial charge is 0.398 e. The molecule has 0 heterocycles. The number of rotatable bonds is 0. The fraction of sp³-hybridized carbons (Fsp3) is 0. The number of halogens is 1. The zero-order valence-corrected chi connectivity index (χ0v) is 7.43. The van der Waals surface area contributed by atoms with Crippen LogP contribution >= 0.6 is 12.4 Å². The van der Waals surface area contributed by atoms with Crippen molar-refractivity contribution >= 4 is 23.8 Å². The molecule has 0 radical (unpaired) electrons. The van der Waals surface area contributed by atoms with Crippen molar-refractivity contribution in [3.63, 3.8) is 0 Å². The van der Waals surface area contributed by atoms with Crippen LogP contribution in [0.4, 0.5) is 11.4 Å². The summed E-state index contributed by atoms with van der Waals surface area (Å²) in [5.74, 6) is 0. The number of nitrogen functional groups attached to an aromatic ring is 2. The first-order valence-corrected chi connectivity index (χ1v) is 3.18. The highest BCUT2D eigenvalue weighted by molar-refractivity contribution is 5.85. The third kappa shape index (κ3) is 2.02. The van der Waals surface area contributed by atoms with Gasteiger partial charge in [0.25, 0.3) is 0 Å². The summed E-state index contributed by atoms with van der Waals surface area (Å²) >= 11 is 0. The monoisotopic (exact) mass is 194 g/mol. The van der Waals surface area contributed by atoms with E-state index >= 15 is 0 Å². The van der Waals surface area contributed by atoms with E-state index in [1.807, 2.05) is 12.1 Å². The summed E-state index contributed by atoms with van der Waals surface area (Å²) in [6.07, 6.45) is 0. The van der Waals surface area contributed by atoms with Gasteiger partial charge in [0.15, 0.2) is 0 Å². The molecule has 0 atom stereocenters. The van der Waals surface area contributed by atoms with E-state index in [1.54, 1.807) is 0 Å². The average molecular weight is 195 g/mol. The summed E-state index contributed by atoms with van der Waals surface area (Å²) in [5.41, 5.74) is 12.1. The van der Waals surface area contributed by atoms with Gasteiger partial charge in [-0.2, -0.15) is 10.5 Å². The van der Waals surface area contributed by atoms with Crippen molar-refractivity contribution in [1.82, 2.24) is 0 Å². The van der Waals surface area contributed by atoms with Gasteiger partial charge in [-0.05, 0) is 12.1 Å². The van der Waals surface area contributed by atoms with E-state index in [-0.39, 0.29) is 23.8 Å². The first-order valence-electron chi connectivity index (χ1n) is 3.18. The minimum atomic E-state index is 0. The predicted molar refractivity (Wildman–Crippen MR) is 51.9 cm³/mol. The molecule has 0 amide bonds. The summed E-state index contributed by atoms with van der Waals surface area (Å²) in [6, 6.07) is 6.54. The number of hydrogen-bond donors (Lipinski definition) is 2. The van der Waals surface area contributed by atoms with E-state index in [2.05, 4.69) is 0 Å². The number of hydrogen-bond acceptors (Lipinski definition) is 4. The molecule has 66 valence electrons. The second-order valence-electron chi connectivity index (χ2n) is 2.25. The van der Waals surface area contributed by atoms with Crippen LogP contribution in [0.5, 0.6) is 0 Å². The van der Waals surface area contributed by atoms with Gasteiger partial charge < -0.3 is 11.5 Å². The maximum absolute atomic E-state index is 8.54. The molecule has 5 heteroatoms. The Bertz CT molecular complexity index is 360. The molecule has 0 bridgehead atoms. The van der Waals surface area contributed by atoms with E-state index < -0.39 is 0 Å². The summed E-state index contributed by atoms with van der Waals surface area (Å²) < 4.78 is 0. The van der Waals surface area contributed by atoms with Crippen LogP contribution in [-0.2, 0) is 0 Å². The summed E-state index contributed by atoms with van der Waals surface area (Å²) in [5, 5.41) is 17.1. The van der Waals surface area contributed by atoms with Gasteiger partial charge in [-0.15, -0.1) is 12.4 Å². The summed E-state index contributed by atoms with van der Waals surface area (Å²) in [4.78, 5) is 0. The van der Waals surface area contributed by atoms with Crippen LogP contribution in [-0.4, -0.2) is 0 Å². The van der Waals surface area contributed by atoms with Crippen molar-refractivity contribution in [1.29, 1.82) is 10.5 Å². The van der Waals surface area contributed by atoms with Gasteiger partial charge in [0.1, 0.15) is 12.1 Å². The number of nitrogens with zero attached hydrogens (tertiary/aromatic N) is 2. The van der Waals surface area contributed by atoms with Crippen LogP contribution in [0.25, 0.3) is 0 Å². The minimum Gasteiger partial charge on any atom is -0.398 e. The zero-order valence-electron chi connectivity index (χ0n) is 6.61. The Labute approximate surface area is 81.8 Å². The standard InChI is InChI=1S/C8H6N4.ClH/c9-3-5-1-7(11)6(4-10)2-8(5)12;/h1-2H,11-12H2;1H. The fourth-order valence-corrected chi connectivity index (χ4v) is 0.827. The molecule has 13 heavy (non-hydrogen) atoms. The molecular weight excluding hydrogens is 188 g/mol. The van der Waals surface area contributed by atoms with E-state index in [1.165, 1.54) is 12.1 Å². The number of nitriles is 2. The molecule has 0 aliphatic carbocycles. The topological polar surface area (TPSA) is 99.6 Å². The van der Waals surface area contributed by atoms with Crippen molar-refractivity contribution in [3.8, 4) is 12.1 Å². The minimum absolute atomic E-state index is 0. The Kier molecular flexibility index (Phi) is 3.58. The smallest absolute Gasteiger partial charge is 0.101 e. The molecule has 1 rings (SSSR count). The lowest BCUT2D eigenvalue weighted by Crippen LogP contribution is -1.96. The maximum Gasteiger partial charge on any atom is 0.101 e. The van der Waals surface area contributed by atoms with Crippen LogP contribution in [0.1, 0.15) is 11.1 Å². The molecule has 0 unspecified atom stereocenters. The Hall–Kier alpha value is -1.91. The second kappa shape index (κ2) is 4.20. The number of benzene rings is 1. The molecular formula is C8H7ClN4. The first-order chi connectivity index (χ1) is 5.69. The van der Waals surface area contributed by atoms with Gasteiger partial charge in [-0.25, -0.2) is 0 Å². The normalized spacial score (nSPS) is 7.85. The Balaban J connectivity index is 0.00000144. The van der Waals surface area contributed by atoms with E-state index in [0.29, 0.717) is 11.1 Å². The maximum atomic E-state index is 8.54. The van der Waals surface area contributed by atoms with Gasteiger partial charge in [0.05, 0.1) is 22.5 Å². The molecule has 4 N–H and O–H groups in total. The Morgan fingerprint density at radius 1 is 0.923 bits per heavy atom. The van der Waals surface area contributed by atoms with Gasteiger partial charge >= 0.3 is 0 Å². The lowest BCUT2D eigenvalue weighted by molar-refractivity contribution is 1.45. The molecule has 0 fully saturated rings. The molecule has 0 saturated heterocycles. The van der Waals surface area contributed by atoms with E-state index in [4.69, 9.17) is 22.0 Å². The van der Waals surface area contributed by atoms with Gasteiger partial charge in [0.2, 0.25) is 0 Å². The molecule has 4 nitrogen and oxygen atoms in total. The Morgan fingerprint density at radius 3 is 1.46 bits per heavy atom. The quantitative estimate of drug-likeness (QED) is 0.602. The highest BCUT2D eigenvalue weighted by atomic mass is 35.5. The zero-order chi connectivity index (χ0) is 9.14. The van der Waals surface area contributed by atoms with Crippen LogP contribution in [0.2, 0.25) is 0 Å². The van der Waals surface area contributed by atoms with Crippen LogP contribution in [0.3, 0.4) is 0 Å². The fourth-order valence-electron chi connectivity index (χ4n) is 0.827.